The maximum Gasteiger partial charge on any atom is 0.243 e. The average Bonchev–Trinajstić information content (AvgIpc) is 2.61. The topological polar surface area (TPSA) is 74.8 Å². The second-order valence-electron chi connectivity index (χ2n) is 7.48. The second kappa shape index (κ2) is 7.59. The van der Waals surface area contributed by atoms with E-state index in [1.165, 1.54) is 8.61 Å². The zero-order valence-corrected chi connectivity index (χ0v) is 18.2. The van der Waals surface area contributed by atoms with Crippen molar-refractivity contribution < 1.29 is 16.8 Å². The summed E-state index contributed by atoms with van der Waals surface area (Å²) in [5, 5.41) is 0. The van der Waals surface area contributed by atoms with Gasteiger partial charge < -0.3 is 0 Å². The first kappa shape index (κ1) is 21.0. The predicted molar refractivity (Wildman–Crippen MR) is 109 cm³/mol. The van der Waals surface area contributed by atoms with Crippen LogP contribution in [0.15, 0.2) is 58.3 Å². The Morgan fingerprint density at radius 1 is 0.679 bits per heavy atom. The van der Waals surface area contributed by atoms with Crippen LogP contribution in [0.1, 0.15) is 25.0 Å². The van der Waals surface area contributed by atoms with Gasteiger partial charge in [-0.2, -0.15) is 8.61 Å². The summed E-state index contributed by atoms with van der Waals surface area (Å²) >= 11 is 0. The molecule has 0 aliphatic carbocycles. The third kappa shape index (κ3) is 3.87. The van der Waals surface area contributed by atoms with Crippen molar-refractivity contribution in [3.8, 4) is 0 Å². The third-order valence-corrected chi connectivity index (χ3v) is 9.05. The molecule has 2 atom stereocenters. The van der Waals surface area contributed by atoms with Crippen molar-refractivity contribution in [2.45, 2.75) is 49.6 Å². The van der Waals surface area contributed by atoms with Crippen LogP contribution in [-0.2, 0) is 20.0 Å². The van der Waals surface area contributed by atoms with E-state index in [4.69, 9.17) is 0 Å². The summed E-state index contributed by atoms with van der Waals surface area (Å²) in [5.41, 5.74) is 1.96. The Labute approximate surface area is 167 Å². The standard InChI is InChI=1S/C20H26N2O4S2/c1-15-5-9-19(10-6-15)27(23,24)21-13-17(3)22(18(4)14-21)28(25,26)20-11-7-16(2)8-12-20/h5-12,17-18H,13-14H2,1-4H3/t17-,18+. The first-order valence-electron chi connectivity index (χ1n) is 9.20. The van der Waals surface area contributed by atoms with Crippen LogP contribution in [0, 0.1) is 13.8 Å². The van der Waals surface area contributed by atoms with Crippen LogP contribution in [-0.4, -0.2) is 50.6 Å². The molecule has 2 aromatic carbocycles. The van der Waals surface area contributed by atoms with E-state index in [1.807, 2.05) is 13.8 Å². The summed E-state index contributed by atoms with van der Waals surface area (Å²) in [6, 6.07) is 12.5. The van der Waals surface area contributed by atoms with Gasteiger partial charge in [0.2, 0.25) is 20.0 Å². The van der Waals surface area contributed by atoms with Crippen LogP contribution < -0.4 is 0 Å². The van der Waals surface area contributed by atoms with Crippen LogP contribution in [0.4, 0.5) is 0 Å². The molecule has 0 aromatic heterocycles. The molecule has 1 aliphatic heterocycles. The van der Waals surface area contributed by atoms with Crippen molar-refractivity contribution in [2.24, 2.45) is 0 Å². The molecule has 6 nitrogen and oxygen atoms in total. The maximum absolute atomic E-state index is 13.1. The predicted octanol–water partition coefficient (Wildman–Crippen LogP) is 2.78. The fraction of sp³-hybridized carbons (Fsp3) is 0.400. The van der Waals surface area contributed by atoms with Crippen molar-refractivity contribution in [1.29, 1.82) is 0 Å². The van der Waals surface area contributed by atoms with Gasteiger partial charge in [-0.3, -0.25) is 0 Å². The van der Waals surface area contributed by atoms with Crippen molar-refractivity contribution in [3.05, 3.63) is 59.7 Å². The summed E-state index contributed by atoms with van der Waals surface area (Å²) in [5.74, 6) is 0. The molecule has 0 amide bonds. The van der Waals surface area contributed by atoms with E-state index in [2.05, 4.69) is 0 Å². The zero-order valence-electron chi connectivity index (χ0n) is 16.5. The molecule has 0 radical (unpaired) electrons. The lowest BCUT2D eigenvalue weighted by molar-refractivity contribution is 0.159. The minimum atomic E-state index is -3.70. The minimum Gasteiger partial charge on any atom is -0.207 e. The van der Waals surface area contributed by atoms with Crippen molar-refractivity contribution in [3.63, 3.8) is 0 Å². The number of hydrogen-bond donors (Lipinski definition) is 0. The van der Waals surface area contributed by atoms with Gasteiger partial charge in [0.1, 0.15) is 0 Å². The Morgan fingerprint density at radius 2 is 1.04 bits per heavy atom. The van der Waals surface area contributed by atoms with Crippen molar-refractivity contribution >= 4 is 20.0 Å². The largest absolute Gasteiger partial charge is 0.243 e. The average molecular weight is 423 g/mol. The number of nitrogens with zero attached hydrogens (tertiary/aromatic N) is 2. The van der Waals surface area contributed by atoms with E-state index in [9.17, 15) is 16.8 Å². The molecule has 3 rings (SSSR count). The number of sulfonamides is 2. The number of rotatable bonds is 4. The van der Waals surface area contributed by atoms with Gasteiger partial charge in [-0.05, 0) is 52.0 Å². The molecule has 0 N–H and O–H groups in total. The molecule has 0 saturated carbocycles. The Kier molecular flexibility index (Phi) is 5.69. The normalized spacial score (nSPS) is 22.3. The molecular weight excluding hydrogens is 396 g/mol. The van der Waals surface area contributed by atoms with E-state index in [1.54, 1.807) is 62.4 Å². The van der Waals surface area contributed by atoms with Gasteiger partial charge in [-0.15, -0.1) is 0 Å². The molecule has 1 fully saturated rings. The van der Waals surface area contributed by atoms with Crippen molar-refractivity contribution in [1.82, 2.24) is 8.61 Å². The Bertz CT molecular complexity index is 1030. The molecule has 0 bridgehead atoms. The highest BCUT2D eigenvalue weighted by Gasteiger charge is 2.42. The maximum atomic E-state index is 13.1. The zero-order chi connectivity index (χ0) is 20.7. The molecule has 1 heterocycles. The summed E-state index contributed by atoms with van der Waals surface area (Å²) in [6.45, 7) is 7.53. The number of benzene rings is 2. The Hall–Kier alpha value is -1.74. The first-order valence-corrected chi connectivity index (χ1v) is 12.1. The molecule has 8 heteroatoms. The molecule has 1 aliphatic rings. The molecule has 2 aromatic rings. The van der Waals surface area contributed by atoms with Gasteiger partial charge in [0.25, 0.3) is 0 Å². The van der Waals surface area contributed by atoms with Gasteiger partial charge >= 0.3 is 0 Å². The van der Waals surface area contributed by atoms with E-state index in [-0.39, 0.29) is 22.9 Å². The van der Waals surface area contributed by atoms with Crippen LogP contribution in [0.5, 0.6) is 0 Å². The number of aryl methyl sites for hydroxylation is 2. The second-order valence-corrected chi connectivity index (χ2v) is 11.3. The highest BCUT2D eigenvalue weighted by Crippen LogP contribution is 2.28. The minimum absolute atomic E-state index is 0.117. The Morgan fingerprint density at radius 3 is 1.43 bits per heavy atom. The van der Waals surface area contributed by atoms with E-state index in [0.717, 1.165) is 11.1 Å². The van der Waals surface area contributed by atoms with Gasteiger partial charge in [0, 0.05) is 25.2 Å². The van der Waals surface area contributed by atoms with Crippen LogP contribution >= 0.6 is 0 Å². The SMILES string of the molecule is Cc1ccc(S(=O)(=O)N2C[C@@H](C)N(S(=O)(=O)c3ccc(C)cc3)[C@@H](C)C2)cc1. The lowest BCUT2D eigenvalue weighted by atomic mass is 10.2. The van der Waals surface area contributed by atoms with E-state index in [0.29, 0.717) is 0 Å². The fourth-order valence-corrected chi connectivity index (χ4v) is 7.03. The quantitative estimate of drug-likeness (QED) is 0.759. The fourth-order valence-electron chi connectivity index (χ4n) is 3.62. The van der Waals surface area contributed by atoms with Crippen molar-refractivity contribution in [2.75, 3.05) is 13.1 Å². The lowest BCUT2D eigenvalue weighted by Gasteiger charge is -2.42. The van der Waals surface area contributed by atoms with Crippen LogP contribution in [0.2, 0.25) is 0 Å². The summed E-state index contributed by atoms with van der Waals surface area (Å²) in [4.78, 5) is 0.457. The molecule has 0 spiro atoms. The molecular formula is C20H26N2O4S2. The lowest BCUT2D eigenvalue weighted by Crippen LogP contribution is -2.59. The van der Waals surface area contributed by atoms with Gasteiger partial charge in [0.15, 0.2) is 0 Å². The van der Waals surface area contributed by atoms with Crippen LogP contribution in [0.3, 0.4) is 0 Å². The third-order valence-electron chi connectivity index (χ3n) is 5.06. The first-order chi connectivity index (χ1) is 13.0. The van der Waals surface area contributed by atoms with E-state index >= 15 is 0 Å². The monoisotopic (exact) mass is 422 g/mol. The summed E-state index contributed by atoms with van der Waals surface area (Å²) < 4.78 is 55.1. The Balaban J connectivity index is 1.88. The highest BCUT2D eigenvalue weighted by molar-refractivity contribution is 7.89. The van der Waals surface area contributed by atoms with Gasteiger partial charge in [0.05, 0.1) is 9.79 Å². The summed E-state index contributed by atoms with van der Waals surface area (Å²) in [6.07, 6.45) is 0. The summed E-state index contributed by atoms with van der Waals surface area (Å²) in [7, 11) is -7.38. The molecule has 152 valence electrons. The number of piperazine rings is 1. The molecule has 1 saturated heterocycles. The number of hydrogen-bond acceptors (Lipinski definition) is 4. The highest BCUT2D eigenvalue weighted by atomic mass is 32.2. The molecule has 0 unspecified atom stereocenters. The van der Waals surface area contributed by atoms with Crippen LogP contribution in [0.25, 0.3) is 0 Å². The van der Waals surface area contributed by atoms with E-state index < -0.39 is 32.1 Å². The smallest absolute Gasteiger partial charge is 0.207 e. The molecule has 28 heavy (non-hydrogen) atoms. The van der Waals surface area contributed by atoms with Gasteiger partial charge in [-0.1, -0.05) is 35.4 Å². The van der Waals surface area contributed by atoms with Gasteiger partial charge in [-0.25, -0.2) is 16.8 Å².